The van der Waals surface area contributed by atoms with Crippen LogP contribution in [0.25, 0.3) is 0 Å². The maximum absolute atomic E-state index is 9.63. The molecule has 3 nitrogen and oxygen atoms in total. The Morgan fingerprint density at radius 1 is 1.47 bits per heavy atom. The Morgan fingerprint density at radius 3 is 2.88 bits per heavy atom. The van der Waals surface area contributed by atoms with Crippen LogP contribution in [0.5, 0.6) is 0 Å². The first-order chi connectivity index (χ1) is 8.16. The molecular formula is C12H13ClN2OS. The van der Waals surface area contributed by atoms with Crippen molar-refractivity contribution in [2.75, 3.05) is 5.32 Å². The van der Waals surface area contributed by atoms with Crippen LogP contribution >= 0.6 is 22.9 Å². The second-order valence-corrected chi connectivity index (χ2v) is 5.42. The number of aromatic nitrogens is 1. The highest BCUT2D eigenvalue weighted by Crippen LogP contribution is 2.24. The summed E-state index contributed by atoms with van der Waals surface area (Å²) in [5, 5.41) is 13.8. The molecule has 2 aromatic rings. The van der Waals surface area contributed by atoms with Gasteiger partial charge < -0.3 is 10.4 Å². The van der Waals surface area contributed by atoms with E-state index >= 15 is 0 Å². The molecule has 0 bridgehead atoms. The number of thiazole rings is 1. The van der Waals surface area contributed by atoms with E-state index < -0.39 is 6.10 Å². The zero-order valence-electron chi connectivity index (χ0n) is 9.35. The molecule has 1 unspecified atom stereocenters. The second-order valence-electron chi connectivity index (χ2n) is 3.67. The molecule has 1 aromatic heterocycles. The molecule has 0 aliphatic heterocycles. The number of hydrogen-bond acceptors (Lipinski definition) is 4. The normalized spacial score (nSPS) is 12.4. The first kappa shape index (κ1) is 12.4. The fraction of sp³-hybridized carbons (Fsp3) is 0.250. The number of rotatable bonds is 4. The van der Waals surface area contributed by atoms with Crippen molar-refractivity contribution in [1.29, 1.82) is 0 Å². The molecule has 1 aromatic carbocycles. The molecule has 90 valence electrons. The van der Waals surface area contributed by atoms with Crippen LogP contribution < -0.4 is 5.32 Å². The minimum absolute atomic E-state index is 0.487. The van der Waals surface area contributed by atoms with Crippen molar-refractivity contribution < 1.29 is 5.11 Å². The minimum Gasteiger partial charge on any atom is -0.389 e. The summed E-state index contributed by atoms with van der Waals surface area (Å²) in [6, 6.07) is 7.69. The van der Waals surface area contributed by atoms with Gasteiger partial charge in [0.25, 0.3) is 0 Å². The lowest BCUT2D eigenvalue weighted by molar-refractivity contribution is 0.200. The first-order valence-corrected chi connectivity index (χ1v) is 6.47. The van der Waals surface area contributed by atoms with Crippen molar-refractivity contribution in [2.24, 2.45) is 0 Å². The van der Waals surface area contributed by atoms with Crippen LogP contribution in [0.3, 0.4) is 0 Å². The zero-order valence-corrected chi connectivity index (χ0v) is 10.9. The summed E-state index contributed by atoms with van der Waals surface area (Å²) in [7, 11) is 0. The van der Waals surface area contributed by atoms with Gasteiger partial charge >= 0.3 is 0 Å². The minimum atomic E-state index is -0.487. The van der Waals surface area contributed by atoms with Crippen LogP contribution in [0.15, 0.2) is 30.5 Å². The molecule has 0 aliphatic rings. The third-order valence-electron chi connectivity index (χ3n) is 2.37. The highest BCUT2D eigenvalue weighted by atomic mass is 35.5. The first-order valence-electron chi connectivity index (χ1n) is 5.28. The number of benzene rings is 1. The van der Waals surface area contributed by atoms with Gasteiger partial charge in [0, 0.05) is 11.3 Å². The van der Waals surface area contributed by atoms with Gasteiger partial charge in [-0.3, -0.25) is 0 Å². The average molecular weight is 269 g/mol. The Balaban J connectivity index is 2.08. The smallest absolute Gasteiger partial charge is 0.113 e. The Morgan fingerprint density at radius 2 is 2.24 bits per heavy atom. The SMILES string of the molecule is CC(O)c1ccccc1NCc1ncc(Cl)s1. The Labute approximate surface area is 109 Å². The second kappa shape index (κ2) is 5.49. The average Bonchev–Trinajstić information content (AvgIpc) is 2.73. The summed E-state index contributed by atoms with van der Waals surface area (Å²) >= 11 is 7.26. The van der Waals surface area contributed by atoms with Gasteiger partial charge in [0.15, 0.2) is 0 Å². The molecule has 0 amide bonds. The molecule has 5 heteroatoms. The number of aliphatic hydroxyl groups excluding tert-OH is 1. The highest BCUT2D eigenvalue weighted by Gasteiger charge is 2.07. The topological polar surface area (TPSA) is 45.1 Å². The standard InChI is InChI=1S/C12H13ClN2OS/c1-8(16)9-4-2-3-5-10(9)14-7-12-15-6-11(13)17-12/h2-6,8,14,16H,7H2,1H3. The lowest BCUT2D eigenvalue weighted by Crippen LogP contribution is -2.03. The quantitative estimate of drug-likeness (QED) is 0.893. The maximum atomic E-state index is 9.63. The fourth-order valence-electron chi connectivity index (χ4n) is 1.56. The van der Waals surface area contributed by atoms with E-state index in [1.807, 2.05) is 24.3 Å². The van der Waals surface area contributed by atoms with E-state index in [2.05, 4.69) is 10.3 Å². The van der Waals surface area contributed by atoms with Crippen molar-refractivity contribution >= 4 is 28.6 Å². The fourth-order valence-corrected chi connectivity index (χ4v) is 2.46. The number of nitrogens with one attached hydrogen (secondary N) is 1. The van der Waals surface area contributed by atoms with Crippen molar-refractivity contribution in [3.63, 3.8) is 0 Å². The third-order valence-corrected chi connectivity index (χ3v) is 3.48. The van der Waals surface area contributed by atoms with E-state index in [1.54, 1.807) is 13.1 Å². The van der Waals surface area contributed by atoms with Crippen molar-refractivity contribution in [2.45, 2.75) is 19.6 Å². The summed E-state index contributed by atoms with van der Waals surface area (Å²) in [5.41, 5.74) is 1.81. The van der Waals surface area contributed by atoms with Gasteiger partial charge in [-0.2, -0.15) is 0 Å². The Kier molecular flexibility index (Phi) is 3.99. The summed E-state index contributed by atoms with van der Waals surface area (Å²) in [5.74, 6) is 0. The number of nitrogens with zero attached hydrogens (tertiary/aromatic N) is 1. The molecular weight excluding hydrogens is 256 g/mol. The van der Waals surface area contributed by atoms with Crippen molar-refractivity contribution in [1.82, 2.24) is 4.98 Å². The van der Waals surface area contributed by atoms with Crippen LogP contribution in [0.4, 0.5) is 5.69 Å². The lowest BCUT2D eigenvalue weighted by Gasteiger charge is -2.12. The number of halogens is 1. The van der Waals surface area contributed by atoms with Gasteiger partial charge in [0.05, 0.1) is 18.8 Å². The van der Waals surface area contributed by atoms with Crippen molar-refractivity contribution in [3.8, 4) is 0 Å². The monoisotopic (exact) mass is 268 g/mol. The van der Waals surface area contributed by atoms with E-state index in [0.717, 1.165) is 16.3 Å². The molecule has 0 saturated carbocycles. The predicted molar refractivity (Wildman–Crippen MR) is 71.5 cm³/mol. The van der Waals surface area contributed by atoms with E-state index in [0.29, 0.717) is 10.9 Å². The zero-order chi connectivity index (χ0) is 12.3. The summed E-state index contributed by atoms with van der Waals surface area (Å²) < 4.78 is 0.686. The summed E-state index contributed by atoms with van der Waals surface area (Å²) in [6.07, 6.45) is 1.16. The molecule has 0 fully saturated rings. The van der Waals surface area contributed by atoms with Crippen LogP contribution in [0.1, 0.15) is 23.6 Å². The number of aliphatic hydroxyl groups is 1. The number of para-hydroxylation sites is 1. The van der Waals surface area contributed by atoms with Gasteiger partial charge in [0.2, 0.25) is 0 Å². The highest BCUT2D eigenvalue weighted by molar-refractivity contribution is 7.15. The van der Waals surface area contributed by atoms with E-state index in [1.165, 1.54) is 11.3 Å². The predicted octanol–water partition coefficient (Wildman–Crippen LogP) is 3.46. The molecule has 0 aliphatic carbocycles. The van der Waals surface area contributed by atoms with Crippen LogP contribution in [-0.4, -0.2) is 10.1 Å². The van der Waals surface area contributed by atoms with E-state index in [4.69, 9.17) is 11.6 Å². The van der Waals surface area contributed by atoms with Crippen LogP contribution in [-0.2, 0) is 6.54 Å². The largest absolute Gasteiger partial charge is 0.389 e. The molecule has 2 N–H and O–H groups in total. The molecule has 0 radical (unpaired) electrons. The molecule has 17 heavy (non-hydrogen) atoms. The summed E-state index contributed by atoms with van der Waals surface area (Å²) in [6.45, 7) is 2.36. The molecule has 1 atom stereocenters. The molecule has 1 heterocycles. The number of anilines is 1. The Hall–Kier alpha value is -1.10. The number of hydrogen-bond donors (Lipinski definition) is 2. The van der Waals surface area contributed by atoms with Gasteiger partial charge in [-0.25, -0.2) is 4.98 Å². The van der Waals surface area contributed by atoms with E-state index in [9.17, 15) is 5.11 Å². The van der Waals surface area contributed by atoms with Gasteiger partial charge in [-0.15, -0.1) is 11.3 Å². The maximum Gasteiger partial charge on any atom is 0.113 e. The van der Waals surface area contributed by atoms with Gasteiger partial charge in [-0.05, 0) is 13.0 Å². The molecule has 2 rings (SSSR count). The summed E-state index contributed by atoms with van der Waals surface area (Å²) in [4.78, 5) is 4.17. The lowest BCUT2D eigenvalue weighted by atomic mass is 10.1. The van der Waals surface area contributed by atoms with Crippen molar-refractivity contribution in [3.05, 3.63) is 45.4 Å². The van der Waals surface area contributed by atoms with Crippen LogP contribution in [0, 0.1) is 0 Å². The third kappa shape index (κ3) is 3.19. The Bertz CT molecular complexity index is 499. The van der Waals surface area contributed by atoms with Gasteiger partial charge in [0.1, 0.15) is 9.34 Å². The van der Waals surface area contributed by atoms with E-state index in [-0.39, 0.29) is 0 Å². The van der Waals surface area contributed by atoms with Crippen LogP contribution in [0.2, 0.25) is 4.34 Å². The molecule has 0 saturated heterocycles. The van der Waals surface area contributed by atoms with Gasteiger partial charge in [-0.1, -0.05) is 29.8 Å². The molecule has 0 spiro atoms.